The Bertz CT molecular complexity index is 538. The molecule has 5 heteroatoms. The second kappa shape index (κ2) is 4.97. The Hall–Kier alpha value is -1.88. The molecule has 1 aromatic heterocycles. The summed E-state index contributed by atoms with van der Waals surface area (Å²) in [5.74, 6) is 1.42. The molecule has 0 aliphatic rings. The lowest BCUT2D eigenvalue weighted by atomic mass is 10.1. The topological polar surface area (TPSA) is 47.1 Å². The van der Waals surface area contributed by atoms with Crippen LogP contribution in [0, 0.1) is 4.64 Å². The van der Waals surface area contributed by atoms with Gasteiger partial charge in [0, 0.05) is 6.20 Å². The molecule has 4 nitrogen and oxygen atoms in total. The third kappa shape index (κ3) is 2.29. The number of nitrogens with one attached hydrogen (secondary N) is 1. The minimum absolute atomic E-state index is 0.586. The Morgan fingerprint density at radius 2 is 1.82 bits per heavy atom. The molecular formula is C12H12N2O2S. The van der Waals surface area contributed by atoms with E-state index >= 15 is 0 Å². The minimum atomic E-state index is 0.586. The van der Waals surface area contributed by atoms with Crippen LogP contribution in [-0.4, -0.2) is 24.2 Å². The van der Waals surface area contributed by atoms with Gasteiger partial charge >= 0.3 is 0 Å². The summed E-state index contributed by atoms with van der Waals surface area (Å²) >= 11 is 4.96. The zero-order valence-electron chi connectivity index (χ0n) is 9.56. The van der Waals surface area contributed by atoms with Crippen LogP contribution in [0.25, 0.3) is 11.3 Å². The fraction of sp³-hybridized carbons (Fsp3) is 0.167. The van der Waals surface area contributed by atoms with Crippen LogP contribution in [0.15, 0.2) is 30.6 Å². The van der Waals surface area contributed by atoms with Crippen molar-refractivity contribution in [3.05, 3.63) is 35.2 Å². The lowest BCUT2D eigenvalue weighted by Crippen LogP contribution is -1.95. The fourth-order valence-electron chi connectivity index (χ4n) is 1.58. The maximum atomic E-state index is 5.31. The normalized spacial score (nSPS) is 10.0. The third-order valence-electron chi connectivity index (χ3n) is 2.36. The summed E-state index contributed by atoms with van der Waals surface area (Å²) in [4.78, 5) is 7.21. The first kappa shape index (κ1) is 11.6. The van der Waals surface area contributed by atoms with Crippen molar-refractivity contribution >= 4 is 12.2 Å². The molecule has 1 heterocycles. The molecule has 2 aromatic rings. The molecule has 0 bridgehead atoms. The SMILES string of the molecule is COc1cccc(OC)c1-c1c[nH]c(=S)cn1. The van der Waals surface area contributed by atoms with Crippen molar-refractivity contribution in [1.82, 2.24) is 9.97 Å². The van der Waals surface area contributed by atoms with Gasteiger partial charge in [0.2, 0.25) is 0 Å². The number of nitrogens with zero attached hydrogens (tertiary/aromatic N) is 1. The summed E-state index contributed by atoms with van der Waals surface area (Å²) in [6.45, 7) is 0. The van der Waals surface area contributed by atoms with Gasteiger partial charge in [-0.1, -0.05) is 18.3 Å². The van der Waals surface area contributed by atoms with Gasteiger partial charge in [-0.05, 0) is 12.1 Å². The van der Waals surface area contributed by atoms with Gasteiger partial charge in [-0.25, -0.2) is 0 Å². The van der Waals surface area contributed by atoms with Crippen molar-refractivity contribution in [3.63, 3.8) is 0 Å². The molecule has 0 aliphatic carbocycles. The number of hydrogen-bond donors (Lipinski definition) is 1. The summed E-state index contributed by atoms with van der Waals surface area (Å²) in [5, 5.41) is 0. The molecule has 0 amide bonds. The lowest BCUT2D eigenvalue weighted by molar-refractivity contribution is 0.397. The first-order valence-electron chi connectivity index (χ1n) is 5.02. The highest BCUT2D eigenvalue weighted by atomic mass is 32.1. The average molecular weight is 248 g/mol. The largest absolute Gasteiger partial charge is 0.496 e. The van der Waals surface area contributed by atoms with Crippen LogP contribution in [0.3, 0.4) is 0 Å². The van der Waals surface area contributed by atoms with Gasteiger partial charge in [0.05, 0.1) is 31.7 Å². The predicted molar refractivity (Wildman–Crippen MR) is 68.0 cm³/mol. The average Bonchev–Trinajstić information content (AvgIpc) is 2.38. The molecule has 1 N–H and O–H groups in total. The summed E-state index contributed by atoms with van der Waals surface area (Å²) in [5.41, 5.74) is 1.54. The highest BCUT2D eigenvalue weighted by molar-refractivity contribution is 7.71. The molecule has 17 heavy (non-hydrogen) atoms. The fourth-order valence-corrected chi connectivity index (χ4v) is 1.69. The van der Waals surface area contributed by atoms with Crippen molar-refractivity contribution in [2.24, 2.45) is 0 Å². The van der Waals surface area contributed by atoms with Crippen LogP contribution in [-0.2, 0) is 0 Å². The highest BCUT2D eigenvalue weighted by Gasteiger charge is 2.12. The predicted octanol–water partition coefficient (Wildman–Crippen LogP) is 2.82. The minimum Gasteiger partial charge on any atom is -0.496 e. The van der Waals surface area contributed by atoms with E-state index in [-0.39, 0.29) is 0 Å². The lowest BCUT2D eigenvalue weighted by Gasteiger charge is -2.11. The monoisotopic (exact) mass is 248 g/mol. The molecule has 0 atom stereocenters. The zero-order chi connectivity index (χ0) is 12.3. The van der Waals surface area contributed by atoms with Crippen LogP contribution in [0.5, 0.6) is 11.5 Å². The van der Waals surface area contributed by atoms with Crippen LogP contribution in [0.1, 0.15) is 0 Å². The van der Waals surface area contributed by atoms with E-state index in [1.54, 1.807) is 26.6 Å². The Balaban J connectivity index is 2.63. The quantitative estimate of drug-likeness (QED) is 0.848. The van der Waals surface area contributed by atoms with Crippen molar-refractivity contribution in [3.8, 4) is 22.8 Å². The maximum absolute atomic E-state index is 5.31. The molecule has 0 unspecified atom stereocenters. The van der Waals surface area contributed by atoms with Gasteiger partial charge in [-0.3, -0.25) is 4.98 Å². The molecule has 0 saturated carbocycles. The van der Waals surface area contributed by atoms with Gasteiger partial charge in [-0.2, -0.15) is 0 Å². The molecular weight excluding hydrogens is 236 g/mol. The van der Waals surface area contributed by atoms with E-state index in [0.717, 1.165) is 11.3 Å². The van der Waals surface area contributed by atoms with Crippen molar-refractivity contribution in [2.45, 2.75) is 0 Å². The van der Waals surface area contributed by atoms with Crippen molar-refractivity contribution in [1.29, 1.82) is 0 Å². The molecule has 0 saturated heterocycles. The molecule has 0 aliphatic heterocycles. The number of benzene rings is 1. The molecule has 0 radical (unpaired) electrons. The Kier molecular flexibility index (Phi) is 3.39. The smallest absolute Gasteiger partial charge is 0.132 e. The second-order valence-electron chi connectivity index (χ2n) is 3.33. The number of methoxy groups -OCH3 is 2. The number of rotatable bonds is 3. The summed E-state index contributed by atoms with van der Waals surface area (Å²) in [6.07, 6.45) is 3.33. The van der Waals surface area contributed by atoms with Crippen molar-refractivity contribution in [2.75, 3.05) is 14.2 Å². The number of aromatic nitrogens is 2. The highest BCUT2D eigenvalue weighted by Crippen LogP contribution is 2.36. The van der Waals surface area contributed by atoms with E-state index in [9.17, 15) is 0 Å². The Labute approximate surface area is 104 Å². The third-order valence-corrected chi connectivity index (χ3v) is 2.58. The maximum Gasteiger partial charge on any atom is 0.132 e. The van der Waals surface area contributed by atoms with E-state index < -0.39 is 0 Å². The molecule has 0 spiro atoms. The number of ether oxygens (including phenoxy) is 2. The van der Waals surface area contributed by atoms with Gasteiger partial charge in [-0.15, -0.1) is 0 Å². The molecule has 1 aromatic carbocycles. The molecule has 88 valence electrons. The first-order valence-corrected chi connectivity index (χ1v) is 5.43. The van der Waals surface area contributed by atoms with E-state index in [2.05, 4.69) is 9.97 Å². The standard InChI is InChI=1S/C12H12N2O2S/c1-15-9-4-3-5-10(16-2)12(9)8-6-14-11(17)7-13-8/h3-7H,1-2H3,(H,14,17). The van der Waals surface area contributed by atoms with Crippen LogP contribution in [0.2, 0.25) is 0 Å². The number of H-pyrrole nitrogens is 1. The van der Waals surface area contributed by atoms with Gasteiger partial charge < -0.3 is 14.5 Å². The summed E-state index contributed by atoms with van der Waals surface area (Å²) in [7, 11) is 3.23. The van der Waals surface area contributed by atoms with Crippen molar-refractivity contribution < 1.29 is 9.47 Å². The first-order chi connectivity index (χ1) is 8.26. The van der Waals surface area contributed by atoms with E-state index in [1.165, 1.54) is 0 Å². The second-order valence-corrected chi connectivity index (χ2v) is 3.77. The van der Waals surface area contributed by atoms with E-state index in [1.807, 2.05) is 18.2 Å². The van der Waals surface area contributed by atoms with E-state index in [4.69, 9.17) is 21.7 Å². The van der Waals surface area contributed by atoms with Crippen LogP contribution < -0.4 is 9.47 Å². The summed E-state index contributed by atoms with van der Waals surface area (Å²) < 4.78 is 11.2. The van der Waals surface area contributed by atoms with Gasteiger partial charge in [0.15, 0.2) is 0 Å². The number of aromatic amines is 1. The van der Waals surface area contributed by atoms with Crippen LogP contribution >= 0.6 is 12.2 Å². The van der Waals surface area contributed by atoms with Crippen LogP contribution in [0.4, 0.5) is 0 Å². The molecule has 2 rings (SSSR count). The number of hydrogen-bond acceptors (Lipinski definition) is 4. The molecule has 0 fully saturated rings. The van der Waals surface area contributed by atoms with E-state index in [0.29, 0.717) is 16.1 Å². The van der Waals surface area contributed by atoms with Gasteiger partial charge in [0.25, 0.3) is 0 Å². The van der Waals surface area contributed by atoms with Gasteiger partial charge in [0.1, 0.15) is 16.1 Å². The Morgan fingerprint density at radius 3 is 2.29 bits per heavy atom. The zero-order valence-corrected chi connectivity index (χ0v) is 10.4. The summed E-state index contributed by atoms with van der Waals surface area (Å²) in [6, 6.07) is 5.59. The Morgan fingerprint density at radius 1 is 1.18 bits per heavy atom.